The lowest BCUT2D eigenvalue weighted by Gasteiger charge is -2.35. The van der Waals surface area contributed by atoms with Crippen LogP contribution in [0.2, 0.25) is 0 Å². The van der Waals surface area contributed by atoms with Crippen LogP contribution in [0.25, 0.3) is 0 Å². The molecule has 4 heteroatoms. The molecule has 2 nitrogen and oxygen atoms in total. The number of ether oxygens (including phenoxy) is 1. The van der Waals surface area contributed by atoms with Crippen molar-refractivity contribution < 1.29 is 4.74 Å². The van der Waals surface area contributed by atoms with Gasteiger partial charge in [-0.25, -0.2) is 0 Å². The molecule has 1 saturated heterocycles. The maximum absolute atomic E-state index is 5.84. The molecule has 0 radical (unpaired) electrons. The molecule has 1 aromatic rings. The summed E-state index contributed by atoms with van der Waals surface area (Å²) in [6.07, 6.45) is 0.482. The van der Waals surface area contributed by atoms with E-state index in [1.807, 2.05) is 0 Å². The number of hydrogen-bond acceptors (Lipinski definition) is 3. The van der Waals surface area contributed by atoms with Gasteiger partial charge in [0.1, 0.15) is 0 Å². The molecule has 0 amide bonds. The summed E-state index contributed by atoms with van der Waals surface area (Å²) in [4.78, 5) is 2.42. The molecule has 2 heterocycles. The third-order valence-electron chi connectivity index (χ3n) is 2.56. The second kappa shape index (κ2) is 5.30. The summed E-state index contributed by atoms with van der Waals surface area (Å²) in [7, 11) is 0. The zero-order valence-corrected chi connectivity index (χ0v) is 10.4. The number of alkyl halides is 1. The summed E-state index contributed by atoms with van der Waals surface area (Å²) in [6, 6.07) is 2.18. The van der Waals surface area contributed by atoms with Crippen LogP contribution in [0.3, 0.4) is 0 Å². The van der Waals surface area contributed by atoms with Gasteiger partial charge < -0.3 is 4.74 Å². The first kappa shape index (κ1) is 11.4. The molecule has 2 rings (SSSR count). The van der Waals surface area contributed by atoms with Gasteiger partial charge in [-0.05, 0) is 29.3 Å². The molecule has 0 bridgehead atoms. The Morgan fingerprint density at radius 2 is 2.47 bits per heavy atom. The quantitative estimate of drug-likeness (QED) is 0.759. The topological polar surface area (TPSA) is 12.5 Å². The minimum absolute atomic E-state index is 0.189. The first-order valence-electron chi connectivity index (χ1n) is 5.23. The van der Waals surface area contributed by atoms with Crippen LogP contribution in [0.1, 0.15) is 12.5 Å². The first-order valence-corrected chi connectivity index (χ1v) is 6.70. The van der Waals surface area contributed by atoms with Crippen molar-refractivity contribution in [3.63, 3.8) is 0 Å². The molecule has 1 aliphatic heterocycles. The Hall–Kier alpha value is -0.0900. The number of hydrogen-bond donors (Lipinski definition) is 0. The molecule has 0 aromatic carbocycles. The van der Waals surface area contributed by atoms with Crippen molar-refractivity contribution in [1.29, 1.82) is 0 Å². The molecule has 2 atom stereocenters. The van der Waals surface area contributed by atoms with Crippen LogP contribution in [0.5, 0.6) is 0 Å². The van der Waals surface area contributed by atoms with E-state index in [1.54, 1.807) is 11.3 Å². The largest absolute Gasteiger partial charge is 0.371 e. The van der Waals surface area contributed by atoms with Crippen LogP contribution in [0, 0.1) is 0 Å². The highest BCUT2D eigenvalue weighted by Gasteiger charge is 2.24. The highest BCUT2D eigenvalue weighted by Crippen LogP contribution is 2.16. The Labute approximate surface area is 99.8 Å². The lowest BCUT2D eigenvalue weighted by molar-refractivity contribution is -0.0688. The van der Waals surface area contributed by atoms with Gasteiger partial charge in [-0.1, -0.05) is 0 Å². The smallest absolute Gasteiger partial charge is 0.0841 e. The molecule has 0 spiro atoms. The van der Waals surface area contributed by atoms with Crippen LogP contribution in [0.4, 0.5) is 0 Å². The molecule has 15 heavy (non-hydrogen) atoms. The zero-order valence-electron chi connectivity index (χ0n) is 8.86. The van der Waals surface area contributed by atoms with Crippen LogP contribution in [-0.4, -0.2) is 36.1 Å². The van der Waals surface area contributed by atoms with E-state index in [-0.39, 0.29) is 6.10 Å². The van der Waals surface area contributed by atoms with Crippen LogP contribution < -0.4 is 0 Å². The zero-order chi connectivity index (χ0) is 10.7. The van der Waals surface area contributed by atoms with Gasteiger partial charge >= 0.3 is 0 Å². The summed E-state index contributed by atoms with van der Waals surface area (Å²) in [5, 5.41) is 4.33. The van der Waals surface area contributed by atoms with E-state index in [0.717, 1.165) is 19.6 Å². The third-order valence-corrected chi connectivity index (χ3v) is 3.64. The molecule has 0 N–H and O–H groups in total. The summed E-state index contributed by atoms with van der Waals surface area (Å²) in [5.74, 6) is 0.588. The SMILES string of the molecule is CC1CN(Cc2ccsc2)CC(CCl)O1. The highest BCUT2D eigenvalue weighted by atomic mass is 35.5. The molecule has 2 unspecified atom stereocenters. The Balaban J connectivity index is 1.91. The number of rotatable bonds is 3. The van der Waals surface area contributed by atoms with Gasteiger partial charge in [0, 0.05) is 25.5 Å². The normalized spacial score (nSPS) is 28.1. The van der Waals surface area contributed by atoms with Gasteiger partial charge in [-0.15, -0.1) is 11.6 Å². The summed E-state index contributed by atoms with van der Waals surface area (Å²) >= 11 is 7.59. The van der Waals surface area contributed by atoms with Crippen LogP contribution in [0.15, 0.2) is 16.8 Å². The van der Waals surface area contributed by atoms with Crippen molar-refractivity contribution in [3.8, 4) is 0 Å². The van der Waals surface area contributed by atoms with Crippen LogP contribution in [-0.2, 0) is 11.3 Å². The lowest BCUT2D eigenvalue weighted by atomic mass is 10.2. The Bertz CT molecular complexity index is 291. The summed E-state index contributed by atoms with van der Waals surface area (Å²) in [6.45, 7) is 5.08. The fourth-order valence-electron chi connectivity index (χ4n) is 2.00. The molecule has 0 saturated carbocycles. The Kier molecular flexibility index (Phi) is 4.03. The van der Waals surface area contributed by atoms with E-state index in [2.05, 4.69) is 28.7 Å². The number of thiophene rings is 1. The Morgan fingerprint density at radius 1 is 1.60 bits per heavy atom. The van der Waals surface area contributed by atoms with Gasteiger partial charge in [0.05, 0.1) is 12.2 Å². The predicted molar refractivity (Wildman–Crippen MR) is 64.7 cm³/mol. The number of nitrogens with zero attached hydrogens (tertiary/aromatic N) is 1. The first-order chi connectivity index (χ1) is 7.28. The monoisotopic (exact) mass is 245 g/mol. The second-order valence-electron chi connectivity index (χ2n) is 4.05. The molecule has 1 aliphatic rings. The fraction of sp³-hybridized carbons (Fsp3) is 0.636. The number of halogens is 1. The maximum Gasteiger partial charge on any atom is 0.0841 e. The molecule has 1 aromatic heterocycles. The average molecular weight is 246 g/mol. The van der Waals surface area contributed by atoms with Crippen molar-refractivity contribution in [1.82, 2.24) is 4.90 Å². The molecule has 84 valence electrons. The van der Waals surface area contributed by atoms with Gasteiger partial charge in [-0.2, -0.15) is 11.3 Å². The standard InChI is InChI=1S/C11H16ClNOS/c1-9-5-13(7-11(4-12)14-9)6-10-2-3-15-8-10/h2-3,8-9,11H,4-7H2,1H3. The molecular weight excluding hydrogens is 230 g/mol. The maximum atomic E-state index is 5.84. The molecular formula is C11H16ClNOS. The van der Waals surface area contributed by atoms with Crippen LogP contribution >= 0.6 is 22.9 Å². The van der Waals surface area contributed by atoms with E-state index in [4.69, 9.17) is 16.3 Å². The molecule has 1 fully saturated rings. The van der Waals surface area contributed by atoms with E-state index in [1.165, 1.54) is 5.56 Å². The molecule has 0 aliphatic carbocycles. The van der Waals surface area contributed by atoms with E-state index in [9.17, 15) is 0 Å². The summed E-state index contributed by atoms with van der Waals surface area (Å²) in [5.41, 5.74) is 1.39. The van der Waals surface area contributed by atoms with Gasteiger partial charge in [0.2, 0.25) is 0 Å². The second-order valence-corrected chi connectivity index (χ2v) is 5.14. The van der Waals surface area contributed by atoms with Crippen molar-refractivity contribution in [2.24, 2.45) is 0 Å². The average Bonchev–Trinajstić information content (AvgIpc) is 2.69. The summed E-state index contributed by atoms with van der Waals surface area (Å²) < 4.78 is 5.71. The third kappa shape index (κ3) is 3.18. The minimum Gasteiger partial charge on any atom is -0.371 e. The minimum atomic E-state index is 0.189. The van der Waals surface area contributed by atoms with Crippen molar-refractivity contribution in [3.05, 3.63) is 22.4 Å². The van der Waals surface area contributed by atoms with Crippen molar-refractivity contribution in [2.45, 2.75) is 25.7 Å². The lowest BCUT2D eigenvalue weighted by Crippen LogP contribution is -2.46. The van der Waals surface area contributed by atoms with E-state index in [0.29, 0.717) is 12.0 Å². The Morgan fingerprint density at radius 3 is 3.13 bits per heavy atom. The van der Waals surface area contributed by atoms with E-state index < -0.39 is 0 Å². The van der Waals surface area contributed by atoms with Crippen molar-refractivity contribution in [2.75, 3.05) is 19.0 Å². The fourth-order valence-corrected chi connectivity index (χ4v) is 2.83. The van der Waals surface area contributed by atoms with Gasteiger partial charge in [0.25, 0.3) is 0 Å². The highest BCUT2D eigenvalue weighted by molar-refractivity contribution is 7.07. The van der Waals surface area contributed by atoms with Crippen molar-refractivity contribution >= 4 is 22.9 Å². The van der Waals surface area contributed by atoms with E-state index >= 15 is 0 Å². The van der Waals surface area contributed by atoms with Gasteiger partial charge in [0.15, 0.2) is 0 Å². The number of morpholine rings is 1. The van der Waals surface area contributed by atoms with Gasteiger partial charge in [-0.3, -0.25) is 4.90 Å². The predicted octanol–water partition coefficient (Wildman–Crippen LogP) is 2.58.